The van der Waals surface area contributed by atoms with Gasteiger partial charge in [-0.2, -0.15) is 0 Å². The second-order valence-electron chi connectivity index (χ2n) is 4.40. The zero-order chi connectivity index (χ0) is 11.6. The molecule has 0 aromatic heterocycles. The summed E-state index contributed by atoms with van der Waals surface area (Å²) < 4.78 is 0. The monoisotopic (exact) mass is 200 g/mol. The number of allylic oxidation sites excluding steroid dienone is 3. The molecule has 0 aliphatic carbocycles. The Kier molecular flexibility index (Phi) is 3.52. The molecule has 0 spiro atoms. The van der Waals surface area contributed by atoms with Crippen LogP contribution in [0.5, 0.6) is 0 Å². The molecule has 0 amide bonds. The minimum absolute atomic E-state index is 1.14. The van der Waals surface area contributed by atoms with E-state index >= 15 is 0 Å². The number of hydrogen-bond acceptors (Lipinski definition) is 0. The van der Waals surface area contributed by atoms with Gasteiger partial charge >= 0.3 is 0 Å². The van der Waals surface area contributed by atoms with Crippen LogP contribution in [0.2, 0.25) is 0 Å². The highest BCUT2D eigenvalue weighted by Gasteiger charge is 2.08. The van der Waals surface area contributed by atoms with Gasteiger partial charge in [0.1, 0.15) is 0 Å². The van der Waals surface area contributed by atoms with Crippen LogP contribution in [0.3, 0.4) is 0 Å². The van der Waals surface area contributed by atoms with Gasteiger partial charge in [-0.05, 0) is 56.9 Å². The zero-order valence-corrected chi connectivity index (χ0v) is 10.4. The van der Waals surface area contributed by atoms with Gasteiger partial charge in [-0.1, -0.05) is 35.9 Å². The lowest BCUT2D eigenvalue weighted by Gasteiger charge is -2.14. The number of benzene rings is 1. The first-order chi connectivity index (χ1) is 6.95. The van der Waals surface area contributed by atoms with Crippen molar-refractivity contribution in [2.75, 3.05) is 0 Å². The van der Waals surface area contributed by atoms with Crippen molar-refractivity contribution in [1.29, 1.82) is 0 Å². The average Bonchev–Trinajstić information content (AvgIpc) is 2.11. The fraction of sp³-hybridized carbons (Fsp3) is 0.333. The van der Waals surface area contributed by atoms with Crippen LogP contribution in [-0.4, -0.2) is 0 Å². The summed E-state index contributed by atoms with van der Waals surface area (Å²) in [5, 5.41) is 0. The molecule has 1 aromatic rings. The van der Waals surface area contributed by atoms with Gasteiger partial charge in [0.15, 0.2) is 0 Å². The molecule has 0 unspecified atom stereocenters. The SMILES string of the molecule is C=C(C)C(=C(C)C)c1cccc(C)c1C. The summed E-state index contributed by atoms with van der Waals surface area (Å²) in [6.45, 7) is 14.8. The molecule has 0 saturated heterocycles. The maximum Gasteiger partial charge on any atom is -0.0150 e. The number of hydrogen-bond donors (Lipinski definition) is 0. The molecule has 0 heteroatoms. The van der Waals surface area contributed by atoms with Gasteiger partial charge in [0.05, 0.1) is 0 Å². The van der Waals surface area contributed by atoms with E-state index in [4.69, 9.17) is 0 Å². The molecule has 0 aliphatic heterocycles. The smallest absolute Gasteiger partial charge is 0.0150 e. The van der Waals surface area contributed by atoms with Crippen molar-refractivity contribution in [3.8, 4) is 0 Å². The lowest BCUT2D eigenvalue weighted by Crippen LogP contribution is -1.94. The maximum atomic E-state index is 4.07. The summed E-state index contributed by atoms with van der Waals surface area (Å²) >= 11 is 0. The summed E-state index contributed by atoms with van der Waals surface area (Å²) in [5.41, 5.74) is 7.79. The van der Waals surface area contributed by atoms with Gasteiger partial charge in [0, 0.05) is 0 Å². The van der Waals surface area contributed by atoms with Crippen molar-refractivity contribution in [2.45, 2.75) is 34.6 Å². The van der Waals surface area contributed by atoms with E-state index in [-0.39, 0.29) is 0 Å². The Balaban J connectivity index is 3.44. The summed E-state index contributed by atoms with van der Waals surface area (Å²) in [7, 11) is 0. The summed E-state index contributed by atoms with van der Waals surface area (Å²) in [6, 6.07) is 6.45. The molecule has 0 saturated carbocycles. The van der Waals surface area contributed by atoms with Crippen molar-refractivity contribution >= 4 is 5.57 Å². The third-order valence-electron chi connectivity index (χ3n) is 2.80. The van der Waals surface area contributed by atoms with Crippen LogP contribution < -0.4 is 0 Å². The lowest BCUT2D eigenvalue weighted by molar-refractivity contribution is 1.28. The van der Waals surface area contributed by atoms with E-state index in [1.807, 2.05) is 0 Å². The van der Waals surface area contributed by atoms with Crippen molar-refractivity contribution in [3.05, 3.63) is 52.6 Å². The Morgan fingerprint density at radius 2 is 1.67 bits per heavy atom. The highest BCUT2D eigenvalue weighted by molar-refractivity contribution is 5.81. The van der Waals surface area contributed by atoms with E-state index in [0.29, 0.717) is 0 Å². The van der Waals surface area contributed by atoms with Gasteiger partial charge in [0.25, 0.3) is 0 Å². The predicted molar refractivity (Wildman–Crippen MR) is 69.0 cm³/mol. The maximum absolute atomic E-state index is 4.07. The van der Waals surface area contributed by atoms with Gasteiger partial charge < -0.3 is 0 Å². The topological polar surface area (TPSA) is 0 Å². The third kappa shape index (κ3) is 2.38. The summed E-state index contributed by atoms with van der Waals surface area (Å²) in [5.74, 6) is 0. The largest absolute Gasteiger partial charge is 0.0955 e. The van der Waals surface area contributed by atoms with Crippen LogP contribution in [0.15, 0.2) is 35.9 Å². The molecule has 0 atom stereocenters. The van der Waals surface area contributed by atoms with Crippen molar-refractivity contribution < 1.29 is 0 Å². The normalized spacial score (nSPS) is 9.93. The van der Waals surface area contributed by atoms with E-state index in [2.05, 4.69) is 59.4 Å². The molecule has 1 rings (SSSR count). The van der Waals surface area contributed by atoms with Crippen LogP contribution in [0.4, 0.5) is 0 Å². The van der Waals surface area contributed by atoms with Crippen LogP contribution in [-0.2, 0) is 0 Å². The fourth-order valence-electron chi connectivity index (χ4n) is 1.95. The molecule has 80 valence electrons. The third-order valence-corrected chi connectivity index (χ3v) is 2.80. The first kappa shape index (κ1) is 11.8. The van der Waals surface area contributed by atoms with Gasteiger partial charge in [0.2, 0.25) is 0 Å². The van der Waals surface area contributed by atoms with Crippen LogP contribution >= 0.6 is 0 Å². The highest BCUT2D eigenvalue weighted by atomic mass is 14.1. The molecule has 0 fully saturated rings. The molecule has 0 heterocycles. The zero-order valence-electron chi connectivity index (χ0n) is 10.4. The fourth-order valence-corrected chi connectivity index (χ4v) is 1.95. The van der Waals surface area contributed by atoms with Crippen LogP contribution in [0, 0.1) is 13.8 Å². The highest BCUT2D eigenvalue weighted by Crippen LogP contribution is 2.29. The van der Waals surface area contributed by atoms with E-state index in [9.17, 15) is 0 Å². The standard InChI is InChI=1S/C15H20/c1-10(2)15(11(3)4)14-9-7-8-12(5)13(14)6/h7-9H,1H2,2-6H3. The number of rotatable bonds is 2. The molecule has 1 aromatic carbocycles. The Labute approximate surface area is 93.3 Å². The Hall–Kier alpha value is -1.30. The van der Waals surface area contributed by atoms with Crippen LogP contribution in [0.1, 0.15) is 37.5 Å². The molecular weight excluding hydrogens is 180 g/mol. The minimum atomic E-state index is 1.14. The van der Waals surface area contributed by atoms with E-state index in [1.54, 1.807) is 0 Å². The first-order valence-corrected chi connectivity index (χ1v) is 5.35. The summed E-state index contributed by atoms with van der Waals surface area (Å²) in [6.07, 6.45) is 0. The molecule has 0 radical (unpaired) electrons. The quantitative estimate of drug-likeness (QED) is 0.608. The Morgan fingerprint density at radius 3 is 2.13 bits per heavy atom. The average molecular weight is 200 g/mol. The van der Waals surface area contributed by atoms with Crippen molar-refractivity contribution in [1.82, 2.24) is 0 Å². The molecular formula is C15H20. The van der Waals surface area contributed by atoms with Gasteiger partial charge in [-0.15, -0.1) is 0 Å². The molecule has 15 heavy (non-hydrogen) atoms. The van der Waals surface area contributed by atoms with Crippen molar-refractivity contribution in [2.24, 2.45) is 0 Å². The second-order valence-corrected chi connectivity index (χ2v) is 4.40. The first-order valence-electron chi connectivity index (χ1n) is 5.35. The van der Waals surface area contributed by atoms with E-state index < -0.39 is 0 Å². The van der Waals surface area contributed by atoms with Crippen LogP contribution in [0.25, 0.3) is 5.57 Å². The Bertz CT molecular complexity index is 416. The second kappa shape index (κ2) is 4.48. The number of aryl methyl sites for hydroxylation is 1. The predicted octanol–water partition coefficient (Wildman–Crippen LogP) is 4.67. The van der Waals surface area contributed by atoms with E-state index in [1.165, 1.54) is 27.8 Å². The van der Waals surface area contributed by atoms with E-state index in [0.717, 1.165) is 5.57 Å². The molecule has 0 nitrogen and oxygen atoms in total. The molecule has 0 N–H and O–H groups in total. The Morgan fingerprint density at radius 1 is 1.07 bits per heavy atom. The lowest BCUT2D eigenvalue weighted by atomic mass is 9.91. The minimum Gasteiger partial charge on any atom is -0.0955 e. The van der Waals surface area contributed by atoms with Gasteiger partial charge in [-0.25, -0.2) is 0 Å². The molecule has 0 aliphatic rings. The summed E-state index contributed by atoms with van der Waals surface area (Å²) in [4.78, 5) is 0. The van der Waals surface area contributed by atoms with Crippen molar-refractivity contribution in [3.63, 3.8) is 0 Å². The van der Waals surface area contributed by atoms with Gasteiger partial charge in [-0.3, -0.25) is 0 Å². The molecule has 0 bridgehead atoms.